The van der Waals surface area contributed by atoms with Gasteiger partial charge in [0, 0.05) is 10.8 Å². The minimum atomic E-state index is -0.208. The maximum Gasteiger partial charge on any atom is 0.378 e. The van der Waals surface area contributed by atoms with Gasteiger partial charge in [-0.05, 0) is 13.2 Å². The Bertz CT molecular complexity index is 66.4. The third-order valence-electron chi connectivity index (χ3n) is 0.414. The normalized spacial score (nSPS) is 8.75. The van der Waals surface area contributed by atoms with Crippen LogP contribution < -0.4 is 0 Å². The zero-order valence-electron chi connectivity index (χ0n) is 4.84. The average molecular weight is 152 g/mol. The minimum Gasteiger partial charge on any atom is -0.457 e. The molecule has 0 aromatic rings. The van der Waals surface area contributed by atoms with Crippen LogP contribution in [0.4, 0.5) is 4.79 Å². The van der Waals surface area contributed by atoms with E-state index >= 15 is 0 Å². The van der Waals surface area contributed by atoms with Crippen LogP contribution in [0.25, 0.3) is 0 Å². The average Bonchev–Trinajstić information content (AvgIpc) is 1.68. The highest BCUT2D eigenvalue weighted by Crippen LogP contribution is 2.18. The highest BCUT2D eigenvalue weighted by atomic mass is 33.1. The van der Waals surface area contributed by atoms with Crippen LogP contribution in [-0.4, -0.2) is 18.2 Å². The molecule has 4 heteroatoms. The smallest absolute Gasteiger partial charge is 0.378 e. The molecule has 0 aliphatic rings. The Morgan fingerprint density at radius 3 is 2.75 bits per heavy atom. The molecule has 0 atom stereocenters. The van der Waals surface area contributed by atoms with Gasteiger partial charge in [0.2, 0.25) is 0 Å². The lowest BCUT2D eigenvalue weighted by Gasteiger charge is -1.94. The van der Waals surface area contributed by atoms with Crippen molar-refractivity contribution in [1.82, 2.24) is 0 Å². The summed E-state index contributed by atoms with van der Waals surface area (Å²) in [5, 5.41) is -0.208. The third-order valence-corrected chi connectivity index (χ3v) is 1.74. The molecule has 0 saturated carbocycles. The van der Waals surface area contributed by atoms with Crippen molar-refractivity contribution in [2.75, 3.05) is 12.9 Å². The largest absolute Gasteiger partial charge is 0.457 e. The number of carbonyl (C=O) groups is 1. The predicted molar refractivity (Wildman–Crippen MR) is 38.1 cm³/mol. The number of rotatable bonds is 2. The van der Waals surface area contributed by atoms with Gasteiger partial charge in [0.1, 0.15) is 0 Å². The van der Waals surface area contributed by atoms with E-state index in [-0.39, 0.29) is 5.30 Å². The van der Waals surface area contributed by atoms with Gasteiger partial charge in [-0.2, -0.15) is 0 Å². The fourth-order valence-corrected chi connectivity index (χ4v) is 1.06. The monoisotopic (exact) mass is 152 g/mol. The van der Waals surface area contributed by atoms with Gasteiger partial charge in [-0.25, -0.2) is 4.79 Å². The van der Waals surface area contributed by atoms with Crippen molar-refractivity contribution >= 4 is 26.9 Å². The fourth-order valence-electron chi connectivity index (χ4n) is 0.210. The molecule has 0 N–H and O–H groups in total. The lowest BCUT2D eigenvalue weighted by atomic mass is 10.9. The molecule has 0 unspecified atom stereocenters. The van der Waals surface area contributed by atoms with Gasteiger partial charge < -0.3 is 4.74 Å². The third kappa shape index (κ3) is 4.33. The van der Waals surface area contributed by atoms with Crippen molar-refractivity contribution in [2.24, 2.45) is 0 Å². The van der Waals surface area contributed by atoms with Crippen molar-refractivity contribution in [2.45, 2.75) is 6.92 Å². The fraction of sp³-hybridized carbons (Fsp3) is 0.750. The molecule has 0 saturated heterocycles. The Morgan fingerprint density at radius 1 is 1.75 bits per heavy atom. The van der Waals surface area contributed by atoms with Crippen molar-refractivity contribution < 1.29 is 9.53 Å². The van der Waals surface area contributed by atoms with Gasteiger partial charge in [-0.3, -0.25) is 0 Å². The summed E-state index contributed by atoms with van der Waals surface area (Å²) in [6, 6.07) is 0. The Hall–Kier alpha value is 0.170. The maximum absolute atomic E-state index is 10.4. The highest BCUT2D eigenvalue weighted by Gasteiger charge is 1.97. The summed E-state index contributed by atoms with van der Waals surface area (Å²) < 4.78 is 4.59. The lowest BCUT2D eigenvalue weighted by molar-refractivity contribution is 0.182. The van der Waals surface area contributed by atoms with Gasteiger partial charge in [-0.1, -0.05) is 10.8 Å². The molecule has 0 radical (unpaired) electrons. The van der Waals surface area contributed by atoms with Crippen LogP contribution in [0.15, 0.2) is 0 Å². The summed E-state index contributed by atoms with van der Waals surface area (Å²) in [6.45, 7) is 2.26. The molecular formula is C4H8O2S2. The second-order valence-corrected chi connectivity index (χ2v) is 3.27. The molecule has 0 heterocycles. The SMILES string of the molecule is CCOC(=O)SSC. The second kappa shape index (κ2) is 5.31. The van der Waals surface area contributed by atoms with Crippen molar-refractivity contribution in [3.8, 4) is 0 Å². The first-order chi connectivity index (χ1) is 3.81. The zero-order chi connectivity index (χ0) is 6.41. The van der Waals surface area contributed by atoms with Crippen LogP contribution in [-0.2, 0) is 4.74 Å². The van der Waals surface area contributed by atoms with E-state index < -0.39 is 0 Å². The van der Waals surface area contributed by atoms with Gasteiger partial charge in [0.05, 0.1) is 6.61 Å². The molecule has 48 valence electrons. The van der Waals surface area contributed by atoms with Crippen molar-refractivity contribution in [3.63, 3.8) is 0 Å². The lowest BCUT2D eigenvalue weighted by Crippen LogP contribution is -1.92. The quantitative estimate of drug-likeness (QED) is 0.447. The van der Waals surface area contributed by atoms with E-state index in [1.807, 2.05) is 6.26 Å². The summed E-state index contributed by atoms with van der Waals surface area (Å²) in [6.07, 6.45) is 1.83. The predicted octanol–water partition coefficient (Wildman–Crippen LogP) is 2.15. The summed E-state index contributed by atoms with van der Waals surface area (Å²) in [4.78, 5) is 10.4. The van der Waals surface area contributed by atoms with Gasteiger partial charge in [0.25, 0.3) is 0 Å². The number of hydrogen-bond acceptors (Lipinski definition) is 4. The van der Waals surface area contributed by atoms with E-state index in [4.69, 9.17) is 0 Å². The van der Waals surface area contributed by atoms with E-state index in [0.717, 1.165) is 10.8 Å². The molecule has 0 fully saturated rings. The molecule has 8 heavy (non-hydrogen) atoms. The van der Waals surface area contributed by atoms with Crippen LogP contribution >= 0.6 is 21.6 Å². The van der Waals surface area contributed by atoms with Crippen molar-refractivity contribution in [1.29, 1.82) is 0 Å². The summed E-state index contributed by atoms with van der Waals surface area (Å²) in [5.74, 6) is 0. The standard InChI is InChI=1S/C4H8O2S2/c1-3-6-4(5)8-7-2/h3H2,1-2H3. The summed E-state index contributed by atoms with van der Waals surface area (Å²) >= 11 is 0. The van der Waals surface area contributed by atoms with Crippen LogP contribution in [0.2, 0.25) is 0 Å². The first-order valence-electron chi connectivity index (χ1n) is 2.18. The molecule has 0 aromatic heterocycles. The van der Waals surface area contributed by atoms with Gasteiger partial charge in [0.15, 0.2) is 0 Å². The Balaban J connectivity index is 3.06. The molecule has 0 rings (SSSR count). The summed E-state index contributed by atoms with van der Waals surface area (Å²) in [5.41, 5.74) is 0. The first kappa shape index (κ1) is 8.17. The summed E-state index contributed by atoms with van der Waals surface area (Å²) in [7, 11) is 2.50. The van der Waals surface area contributed by atoms with E-state index in [2.05, 4.69) is 4.74 Å². The molecule has 0 aromatic carbocycles. The molecule has 2 nitrogen and oxygen atoms in total. The van der Waals surface area contributed by atoms with E-state index in [1.54, 1.807) is 6.92 Å². The topological polar surface area (TPSA) is 26.3 Å². The zero-order valence-corrected chi connectivity index (χ0v) is 6.47. The van der Waals surface area contributed by atoms with E-state index in [9.17, 15) is 4.79 Å². The van der Waals surface area contributed by atoms with Crippen LogP contribution in [0.5, 0.6) is 0 Å². The number of carbonyl (C=O) groups excluding carboxylic acids is 1. The Morgan fingerprint density at radius 2 is 2.38 bits per heavy atom. The molecule has 0 aliphatic heterocycles. The highest BCUT2D eigenvalue weighted by molar-refractivity contribution is 8.81. The molecule has 0 aliphatic carbocycles. The Labute approximate surface area is 56.8 Å². The first-order valence-corrected chi connectivity index (χ1v) is 4.74. The molecule has 0 bridgehead atoms. The molecular weight excluding hydrogens is 144 g/mol. The van der Waals surface area contributed by atoms with Gasteiger partial charge in [-0.15, -0.1) is 0 Å². The van der Waals surface area contributed by atoms with Crippen LogP contribution in [0, 0.1) is 0 Å². The Kier molecular flexibility index (Phi) is 5.42. The number of hydrogen-bond donors (Lipinski definition) is 0. The molecule has 0 spiro atoms. The van der Waals surface area contributed by atoms with Crippen LogP contribution in [0.3, 0.4) is 0 Å². The van der Waals surface area contributed by atoms with E-state index in [1.165, 1.54) is 10.8 Å². The minimum absolute atomic E-state index is 0.208. The molecule has 0 amide bonds. The van der Waals surface area contributed by atoms with Gasteiger partial charge >= 0.3 is 5.30 Å². The maximum atomic E-state index is 10.4. The second-order valence-electron chi connectivity index (χ2n) is 0.933. The van der Waals surface area contributed by atoms with Crippen LogP contribution in [0.1, 0.15) is 6.92 Å². The number of ether oxygens (including phenoxy) is 1. The van der Waals surface area contributed by atoms with Crippen molar-refractivity contribution in [3.05, 3.63) is 0 Å². The van der Waals surface area contributed by atoms with E-state index in [0.29, 0.717) is 6.61 Å².